The smallest absolute Gasteiger partial charge is 0.0406 e. The lowest BCUT2D eigenvalue weighted by molar-refractivity contribution is 0.372. The van der Waals surface area contributed by atoms with E-state index in [1.807, 2.05) is 12.1 Å². The van der Waals surface area contributed by atoms with Crippen LogP contribution in [0, 0.1) is 5.92 Å². The molecule has 2 heteroatoms. The Morgan fingerprint density at radius 1 is 1.06 bits per heavy atom. The second-order valence-electron chi connectivity index (χ2n) is 5.25. The van der Waals surface area contributed by atoms with Gasteiger partial charge in [0.1, 0.15) is 0 Å². The third-order valence-corrected chi connectivity index (χ3v) is 4.14. The lowest BCUT2D eigenvalue weighted by Crippen LogP contribution is -2.32. The SMILES string of the molecule is NC(Cc1ccc(Cl)cc1)C1CCCCCC1. The van der Waals surface area contributed by atoms with Crippen LogP contribution in [0.5, 0.6) is 0 Å². The summed E-state index contributed by atoms with van der Waals surface area (Å²) < 4.78 is 0. The fourth-order valence-corrected chi connectivity index (χ4v) is 2.92. The fraction of sp³-hybridized carbons (Fsp3) is 0.600. The molecule has 0 aromatic heterocycles. The molecule has 1 aromatic carbocycles. The molecular weight excluding hydrogens is 230 g/mol. The van der Waals surface area contributed by atoms with Crippen LogP contribution in [-0.4, -0.2) is 6.04 Å². The molecule has 0 aliphatic heterocycles. The van der Waals surface area contributed by atoms with E-state index in [0.717, 1.165) is 11.4 Å². The Hall–Kier alpha value is -0.530. The summed E-state index contributed by atoms with van der Waals surface area (Å²) >= 11 is 5.89. The summed E-state index contributed by atoms with van der Waals surface area (Å²) in [4.78, 5) is 0. The molecule has 1 aliphatic rings. The normalized spacial score (nSPS) is 19.9. The minimum absolute atomic E-state index is 0.314. The second-order valence-corrected chi connectivity index (χ2v) is 5.68. The van der Waals surface area contributed by atoms with Crippen LogP contribution in [0.2, 0.25) is 5.02 Å². The van der Waals surface area contributed by atoms with Crippen LogP contribution in [0.1, 0.15) is 44.1 Å². The summed E-state index contributed by atoms with van der Waals surface area (Å²) in [5.41, 5.74) is 7.67. The zero-order chi connectivity index (χ0) is 12.1. The summed E-state index contributed by atoms with van der Waals surface area (Å²) in [6, 6.07) is 8.42. The van der Waals surface area contributed by atoms with Gasteiger partial charge < -0.3 is 5.73 Å². The van der Waals surface area contributed by atoms with Gasteiger partial charge in [-0.2, -0.15) is 0 Å². The first-order valence-corrected chi connectivity index (χ1v) is 7.13. The van der Waals surface area contributed by atoms with E-state index in [2.05, 4.69) is 12.1 Å². The van der Waals surface area contributed by atoms with Crippen molar-refractivity contribution in [3.05, 3.63) is 34.9 Å². The zero-order valence-electron chi connectivity index (χ0n) is 10.4. The summed E-state index contributed by atoms with van der Waals surface area (Å²) in [6.45, 7) is 0. The van der Waals surface area contributed by atoms with Gasteiger partial charge in [0, 0.05) is 11.1 Å². The molecular formula is C15H22ClN. The van der Waals surface area contributed by atoms with Crippen LogP contribution >= 0.6 is 11.6 Å². The zero-order valence-corrected chi connectivity index (χ0v) is 11.1. The largest absolute Gasteiger partial charge is 0.327 e. The molecule has 0 bridgehead atoms. The number of nitrogens with two attached hydrogens (primary N) is 1. The molecule has 17 heavy (non-hydrogen) atoms. The van der Waals surface area contributed by atoms with Crippen molar-refractivity contribution < 1.29 is 0 Å². The maximum Gasteiger partial charge on any atom is 0.0406 e. The Bertz CT molecular complexity index is 325. The van der Waals surface area contributed by atoms with Gasteiger partial charge >= 0.3 is 0 Å². The van der Waals surface area contributed by atoms with Gasteiger partial charge in [-0.1, -0.05) is 49.4 Å². The van der Waals surface area contributed by atoms with Gasteiger partial charge in [0.15, 0.2) is 0 Å². The predicted molar refractivity (Wildman–Crippen MR) is 74.3 cm³/mol. The van der Waals surface area contributed by atoms with E-state index >= 15 is 0 Å². The summed E-state index contributed by atoms with van der Waals surface area (Å²) in [7, 11) is 0. The van der Waals surface area contributed by atoms with Gasteiger partial charge in [-0.15, -0.1) is 0 Å². The molecule has 2 rings (SSSR count). The third kappa shape index (κ3) is 4.01. The van der Waals surface area contributed by atoms with E-state index in [4.69, 9.17) is 17.3 Å². The molecule has 0 saturated heterocycles. The van der Waals surface area contributed by atoms with Gasteiger partial charge in [-0.05, 0) is 42.9 Å². The second kappa shape index (κ2) is 6.42. The summed E-state index contributed by atoms with van der Waals surface area (Å²) in [5, 5.41) is 0.803. The van der Waals surface area contributed by atoms with Crippen molar-refractivity contribution >= 4 is 11.6 Å². The highest BCUT2D eigenvalue weighted by Crippen LogP contribution is 2.26. The van der Waals surface area contributed by atoms with Gasteiger partial charge in [-0.25, -0.2) is 0 Å². The Balaban J connectivity index is 1.90. The van der Waals surface area contributed by atoms with Crippen LogP contribution in [0.4, 0.5) is 0 Å². The highest BCUT2D eigenvalue weighted by atomic mass is 35.5. The molecule has 1 saturated carbocycles. The quantitative estimate of drug-likeness (QED) is 0.802. The van der Waals surface area contributed by atoms with Crippen molar-refractivity contribution in [3.63, 3.8) is 0 Å². The first-order chi connectivity index (χ1) is 8.25. The number of hydrogen-bond donors (Lipinski definition) is 1. The minimum atomic E-state index is 0.314. The van der Waals surface area contributed by atoms with Gasteiger partial charge in [-0.3, -0.25) is 0 Å². The summed E-state index contributed by atoms with van der Waals surface area (Å²) in [6.07, 6.45) is 9.12. The molecule has 1 atom stereocenters. The van der Waals surface area contributed by atoms with Crippen molar-refractivity contribution in [1.82, 2.24) is 0 Å². The first kappa shape index (κ1) is 12.9. The van der Waals surface area contributed by atoms with Crippen molar-refractivity contribution in [2.45, 2.75) is 51.0 Å². The number of hydrogen-bond acceptors (Lipinski definition) is 1. The average molecular weight is 252 g/mol. The predicted octanol–water partition coefficient (Wildman–Crippen LogP) is 4.18. The first-order valence-electron chi connectivity index (χ1n) is 6.76. The topological polar surface area (TPSA) is 26.0 Å². The van der Waals surface area contributed by atoms with E-state index in [9.17, 15) is 0 Å². The van der Waals surface area contributed by atoms with Gasteiger partial charge in [0.2, 0.25) is 0 Å². The number of rotatable bonds is 3. The molecule has 0 radical (unpaired) electrons. The maximum absolute atomic E-state index is 6.35. The maximum atomic E-state index is 6.35. The molecule has 0 amide bonds. The lowest BCUT2D eigenvalue weighted by Gasteiger charge is -2.22. The average Bonchev–Trinajstić information content (AvgIpc) is 2.61. The van der Waals surface area contributed by atoms with Crippen LogP contribution in [-0.2, 0) is 6.42 Å². The van der Waals surface area contributed by atoms with E-state index in [1.165, 1.54) is 44.1 Å². The standard InChI is InChI=1S/C15H22ClN/c16-14-9-7-12(8-10-14)11-15(17)13-5-3-1-2-4-6-13/h7-10,13,15H,1-6,11,17H2. The van der Waals surface area contributed by atoms with Gasteiger partial charge in [0.05, 0.1) is 0 Å². The minimum Gasteiger partial charge on any atom is -0.327 e. The number of halogens is 1. The van der Waals surface area contributed by atoms with Crippen molar-refractivity contribution in [2.24, 2.45) is 11.7 Å². The molecule has 0 spiro atoms. The molecule has 1 unspecified atom stereocenters. The molecule has 1 aliphatic carbocycles. The molecule has 1 aromatic rings. The lowest BCUT2D eigenvalue weighted by atomic mass is 9.88. The molecule has 0 heterocycles. The Labute approximate surface area is 109 Å². The highest BCUT2D eigenvalue weighted by Gasteiger charge is 2.19. The molecule has 1 nitrogen and oxygen atoms in total. The van der Waals surface area contributed by atoms with Gasteiger partial charge in [0.25, 0.3) is 0 Å². The highest BCUT2D eigenvalue weighted by molar-refractivity contribution is 6.30. The Kier molecular flexibility index (Phi) is 4.87. The van der Waals surface area contributed by atoms with Crippen LogP contribution in [0.3, 0.4) is 0 Å². The fourth-order valence-electron chi connectivity index (χ4n) is 2.80. The van der Waals surface area contributed by atoms with Crippen LogP contribution in [0.15, 0.2) is 24.3 Å². The van der Waals surface area contributed by atoms with E-state index in [0.29, 0.717) is 12.0 Å². The molecule has 2 N–H and O–H groups in total. The Morgan fingerprint density at radius 2 is 1.65 bits per heavy atom. The number of benzene rings is 1. The van der Waals surface area contributed by atoms with Crippen molar-refractivity contribution in [3.8, 4) is 0 Å². The summed E-state index contributed by atoms with van der Waals surface area (Å²) in [5.74, 6) is 0.716. The third-order valence-electron chi connectivity index (χ3n) is 3.89. The van der Waals surface area contributed by atoms with Crippen molar-refractivity contribution in [1.29, 1.82) is 0 Å². The van der Waals surface area contributed by atoms with E-state index in [-0.39, 0.29) is 0 Å². The van der Waals surface area contributed by atoms with E-state index < -0.39 is 0 Å². The van der Waals surface area contributed by atoms with Crippen LogP contribution in [0.25, 0.3) is 0 Å². The Morgan fingerprint density at radius 3 is 2.24 bits per heavy atom. The molecule has 94 valence electrons. The monoisotopic (exact) mass is 251 g/mol. The van der Waals surface area contributed by atoms with E-state index in [1.54, 1.807) is 0 Å². The van der Waals surface area contributed by atoms with Crippen molar-refractivity contribution in [2.75, 3.05) is 0 Å². The van der Waals surface area contributed by atoms with Crippen LogP contribution < -0.4 is 5.73 Å². The molecule has 1 fully saturated rings.